The van der Waals surface area contributed by atoms with Gasteiger partial charge in [-0.3, -0.25) is 9.59 Å². The van der Waals surface area contributed by atoms with Crippen LogP contribution >= 0.6 is 0 Å². The predicted molar refractivity (Wildman–Crippen MR) is 133 cm³/mol. The fourth-order valence-electron chi connectivity index (χ4n) is 5.22. The lowest BCUT2D eigenvalue weighted by atomic mass is 9.93. The average Bonchev–Trinajstić information content (AvgIpc) is 2.87. The maximum Gasteiger partial charge on any atom is 0.251 e. The summed E-state index contributed by atoms with van der Waals surface area (Å²) in [6.07, 6.45) is 9.36. The molecule has 5 nitrogen and oxygen atoms in total. The third-order valence-corrected chi connectivity index (χ3v) is 7.07. The summed E-state index contributed by atoms with van der Waals surface area (Å²) in [5, 5.41) is 3.17. The first-order chi connectivity index (χ1) is 16.2. The fourth-order valence-corrected chi connectivity index (χ4v) is 5.22. The largest absolute Gasteiger partial charge is 0.349 e. The monoisotopic (exact) mass is 447 g/mol. The van der Waals surface area contributed by atoms with E-state index in [9.17, 15) is 9.59 Å². The zero-order chi connectivity index (χ0) is 22.9. The lowest BCUT2D eigenvalue weighted by Crippen LogP contribution is -2.45. The molecule has 1 aliphatic heterocycles. The molecule has 0 aromatic heterocycles. The van der Waals surface area contributed by atoms with E-state index in [1.165, 1.54) is 19.3 Å². The first-order valence-corrected chi connectivity index (χ1v) is 12.7. The molecule has 1 aliphatic carbocycles. The summed E-state index contributed by atoms with van der Waals surface area (Å²) in [7, 11) is 0. The Hall–Kier alpha value is -2.66. The molecular weight excluding hydrogens is 410 g/mol. The maximum absolute atomic E-state index is 13.3. The fraction of sp³-hybridized carbons (Fsp3) is 0.500. The minimum absolute atomic E-state index is 0.0170. The van der Waals surface area contributed by atoms with Crippen molar-refractivity contribution in [3.05, 3.63) is 66.2 Å². The maximum atomic E-state index is 13.3. The van der Waals surface area contributed by atoms with Crippen molar-refractivity contribution in [1.82, 2.24) is 10.2 Å². The van der Waals surface area contributed by atoms with Gasteiger partial charge in [-0.15, -0.1) is 0 Å². The summed E-state index contributed by atoms with van der Waals surface area (Å²) in [6.45, 7) is 2.89. The molecule has 5 heteroatoms. The highest BCUT2D eigenvalue weighted by molar-refractivity contribution is 5.94. The van der Waals surface area contributed by atoms with Crippen LogP contribution in [0.25, 0.3) is 0 Å². The molecule has 1 heterocycles. The molecule has 2 aromatic rings. The van der Waals surface area contributed by atoms with Crippen LogP contribution in [0.2, 0.25) is 0 Å². The second kappa shape index (κ2) is 12.0. The molecule has 2 aromatic carbocycles. The van der Waals surface area contributed by atoms with Crippen molar-refractivity contribution in [3.63, 3.8) is 0 Å². The number of benzene rings is 2. The van der Waals surface area contributed by atoms with Crippen LogP contribution < -0.4 is 10.2 Å². The molecular formula is C28H37N3O2. The number of carbonyl (C=O) groups excluding carboxylic acids is 2. The van der Waals surface area contributed by atoms with Gasteiger partial charge in [-0.1, -0.05) is 55.7 Å². The minimum atomic E-state index is 0.0170. The zero-order valence-electron chi connectivity index (χ0n) is 19.6. The summed E-state index contributed by atoms with van der Waals surface area (Å²) in [5.41, 5.74) is 1.77. The predicted octanol–water partition coefficient (Wildman–Crippen LogP) is 5.03. The number of piperidine rings is 1. The van der Waals surface area contributed by atoms with Gasteiger partial charge in [-0.05, 0) is 62.9 Å². The van der Waals surface area contributed by atoms with Gasteiger partial charge in [-0.25, -0.2) is 0 Å². The van der Waals surface area contributed by atoms with E-state index >= 15 is 0 Å². The molecule has 1 saturated heterocycles. The Morgan fingerprint density at radius 2 is 1.48 bits per heavy atom. The van der Waals surface area contributed by atoms with Gasteiger partial charge in [0, 0.05) is 42.8 Å². The van der Waals surface area contributed by atoms with E-state index in [-0.39, 0.29) is 17.9 Å². The van der Waals surface area contributed by atoms with Crippen LogP contribution in [-0.2, 0) is 4.79 Å². The molecule has 2 aliphatic rings. The Morgan fingerprint density at radius 3 is 2.15 bits per heavy atom. The van der Waals surface area contributed by atoms with Crippen LogP contribution in [0, 0.1) is 0 Å². The summed E-state index contributed by atoms with van der Waals surface area (Å²) < 4.78 is 0. The molecule has 1 saturated carbocycles. The molecule has 4 rings (SSSR count). The lowest BCUT2D eigenvalue weighted by molar-refractivity contribution is -0.119. The van der Waals surface area contributed by atoms with Crippen LogP contribution in [-0.4, -0.2) is 48.4 Å². The van der Waals surface area contributed by atoms with Gasteiger partial charge in [0.2, 0.25) is 5.91 Å². The number of nitrogens with one attached hydrogen (secondary N) is 1. The Kier molecular flexibility index (Phi) is 8.53. The van der Waals surface area contributed by atoms with E-state index in [4.69, 9.17) is 0 Å². The van der Waals surface area contributed by atoms with E-state index < -0.39 is 0 Å². The number of likely N-dealkylation sites (tertiary alicyclic amines) is 1. The van der Waals surface area contributed by atoms with Gasteiger partial charge in [0.25, 0.3) is 5.91 Å². The molecule has 0 radical (unpaired) electrons. The van der Waals surface area contributed by atoms with Crippen LogP contribution in [0.5, 0.6) is 0 Å². The second-order valence-electron chi connectivity index (χ2n) is 9.45. The lowest BCUT2D eigenvalue weighted by Gasteiger charge is -2.35. The van der Waals surface area contributed by atoms with Gasteiger partial charge in [0.15, 0.2) is 0 Å². The number of rotatable bonds is 8. The second-order valence-corrected chi connectivity index (χ2v) is 9.45. The van der Waals surface area contributed by atoms with Crippen LogP contribution in [0.3, 0.4) is 0 Å². The molecule has 0 bridgehead atoms. The molecule has 0 spiro atoms. The Balaban J connectivity index is 1.22. The highest BCUT2D eigenvalue weighted by atomic mass is 16.2. The first-order valence-electron chi connectivity index (χ1n) is 12.7. The average molecular weight is 448 g/mol. The van der Waals surface area contributed by atoms with E-state index in [1.807, 2.05) is 48.5 Å². The minimum Gasteiger partial charge on any atom is -0.349 e. The van der Waals surface area contributed by atoms with Crippen molar-refractivity contribution < 1.29 is 9.59 Å². The summed E-state index contributed by atoms with van der Waals surface area (Å²) in [4.78, 5) is 30.2. The number of nitrogens with zero attached hydrogens (tertiary/aromatic N) is 2. The Labute approximate surface area is 198 Å². The number of hydrogen-bond donors (Lipinski definition) is 1. The molecule has 1 N–H and O–H groups in total. The van der Waals surface area contributed by atoms with Crippen molar-refractivity contribution in [2.75, 3.05) is 24.5 Å². The Morgan fingerprint density at radius 1 is 0.848 bits per heavy atom. The van der Waals surface area contributed by atoms with Crippen LogP contribution in [0.4, 0.5) is 5.69 Å². The topological polar surface area (TPSA) is 52.7 Å². The summed E-state index contributed by atoms with van der Waals surface area (Å²) in [5.74, 6) is 0.279. The molecule has 176 valence electrons. The SMILES string of the molecule is O=C(NC1CCN(CCCC(=O)N(c2ccccc2)C2CCCCC2)CC1)c1ccccc1. The van der Waals surface area contributed by atoms with Gasteiger partial charge in [-0.2, -0.15) is 0 Å². The summed E-state index contributed by atoms with van der Waals surface area (Å²) >= 11 is 0. The van der Waals surface area contributed by atoms with Gasteiger partial charge in [0.1, 0.15) is 0 Å². The molecule has 2 amide bonds. The highest BCUT2D eigenvalue weighted by Gasteiger charge is 2.27. The quantitative estimate of drug-likeness (QED) is 0.618. The van der Waals surface area contributed by atoms with Gasteiger partial charge >= 0.3 is 0 Å². The standard InChI is InChI=1S/C28H37N3O2/c32-27(31(25-13-6-2-7-14-25)26-15-8-3-9-16-26)17-10-20-30-21-18-24(19-22-30)29-28(33)23-11-4-1-5-12-23/h1-2,4-7,11-14,24,26H,3,8-10,15-22H2,(H,29,33). The van der Waals surface area contributed by atoms with E-state index in [0.29, 0.717) is 12.5 Å². The van der Waals surface area contributed by atoms with Crippen molar-refractivity contribution in [2.45, 2.75) is 69.9 Å². The summed E-state index contributed by atoms with van der Waals surface area (Å²) in [6, 6.07) is 20.2. The number of hydrogen-bond acceptors (Lipinski definition) is 3. The van der Waals surface area contributed by atoms with Gasteiger partial charge < -0.3 is 15.1 Å². The van der Waals surface area contributed by atoms with Crippen molar-refractivity contribution in [3.8, 4) is 0 Å². The zero-order valence-corrected chi connectivity index (χ0v) is 19.6. The molecule has 0 atom stereocenters. The van der Waals surface area contributed by atoms with Crippen LogP contribution in [0.15, 0.2) is 60.7 Å². The highest BCUT2D eigenvalue weighted by Crippen LogP contribution is 2.28. The number of anilines is 1. The number of para-hydroxylation sites is 1. The number of carbonyl (C=O) groups is 2. The van der Waals surface area contributed by atoms with E-state index in [0.717, 1.165) is 63.0 Å². The van der Waals surface area contributed by atoms with Crippen molar-refractivity contribution in [2.24, 2.45) is 0 Å². The molecule has 33 heavy (non-hydrogen) atoms. The van der Waals surface area contributed by atoms with Crippen molar-refractivity contribution >= 4 is 17.5 Å². The van der Waals surface area contributed by atoms with E-state index in [1.54, 1.807) is 0 Å². The number of amides is 2. The van der Waals surface area contributed by atoms with E-state index in [2.05, 4.69) is 27.2 Å². The normalized spacial score (nSPS) is 18.1. The molecule has 0 unspecified atom stereocenters. The van der Waals surface area contributed by atoms with Crippen molar-refractivity contribution in [1.29, 1.82) is 0 Å². The smallest absolute Gasteiger partial charge is 0.251 e. The van der Waals surface area contributed by atoms with Gasteiger partial charge in [0.05, 0.1) is 0 Å². The molecule has 2 fully saturated rings. The first kappa shape index (κ1) is 23.5. The Bertz CT molecular complexity index is 873. The third kappa shape index (κ3) is 6.67. The third-order valence-electron chi connectivity index (χ3n) is 7.07. The van der Waals surface area contributed by atoms with Crippen LogP contribution in [0.1, 0.15) is 68.1 Å².